The molecular weight excluding hydrogens is 177 g/mol. The predicted molar refractivity (Wildman–Crippen MR) is 55.4 cm³/mol. The van der Waals surface area contributed by atoms with Crippen molar-refractivity contribution in [2.24, 2.45) is 11.7 Å². The van der Waals surface area contributed by atoms with Gasteiger partial charge in [0.25, 0.3) is 0 Å². The fourth-order valence-electron chi connectivity index (χ4n) is 1.81. The summed E-state index contributed by atoms with van der Waals surface area (Å²) in [4.78, 5) is 0. The monoisotopic (exact) mass is 193 g/mol. The van der Waals surface area contributed by atoms with Crippen molar-refractivity contribution in [3.63, 3.8) is 0 Å². The van der Waals surface area contributed by atoms with Gasteiger partial charge in [-0.1, -0.05) is 31.0 Å². The molecule has 14 heavy (non-hydrogen) atoms. The standard InChI is InChI=1S/C12H16FN/c13-12-4-2-1-3-10(12)8-11(14)7-9-5-6-9/h1-4,9,11H,5-8,14H2. The zero-order valence-corrected chi connectivity index (χ0v) is 8.25. The minimum atomic E-state index is -0.126. The van der Waals surface area contributed by atoms with Gasteiger partial charge in [-0.2, -0.15) is 0 Å². The molecule has 1 saturated carbocycles. The van der Waals surface area contributed by atoms with Crippen molar-refractivity contribution in [2.75, 3.05) is 0 Å². The maximum atomic E-state index is 13.2. The highest BCUT2D eigenvalue weighted by molar-refractivity contribution is 5.18. The molecule has 1 aromatic carbocycles. The molecule has 1 atom stereocenters. The average molecular weight is 193 g/mol. The van der Waals surface area contributed by atoms with Gasteiger partial charge in [0.05, 0.1) is 0 Å². The lowest BCUT2D eigenvalue weighted by Gasteiger charge is -2.11. The Bertz CT molecular complexity index is 307. The smallest absolute Gasteiger partial charge is 0.126 e. The summed E-state index contributed by atoms with van der Waals surface area (Å²) in [6, 6.07) is 7.02. The molecule has 1 fully saturated rings. The minimum Gasteiger partial charge on any atom is -0.327 e. The lowest BCUT2D eigenvalue weighted by atomic mass is 10.0. The summed E-state index contributed by atoms with van der Waals surface area (Å²) < 4.78 is 13.2. The van der Waals surface area contributed by atoms with Crippen LogP contribution in [-0.2, 0) is 6.42 Å². The van der Waals surface area contributed by atoms with E-state index in [2.05, 4.69) is 0 Å². The van der Waals surface area contributed by atoms with Crippen LogP contribution in [0.3, 0.4) is 0 Å². The Kier molecular flexibility index (Phi) is 2.82. The Morgan fingerprint density at radius 1 is 1.36 bits per heavy atom. The van der Waals surface area contributed by atoms with Gasteiger partial charge in [-0.05, 0) is 30.4 Å². The SMILES string of the molecule is NC(Cc1ccccc1F)CC1CC1. The van der Waals surface area contributed by atoms with Gasteiger partial charge in [0, 0.05) is 6.04 Å². The van der Waals surface area contributed by atoms with Crippen LogP contribution in [0.25, 0.3) is 0 Å². The molecule has 0 saturated heterocycles. The molecule has 0 amide bonds. The summed E-state index contributed by atoms with van der Waals surface area (Å²) in [5, 5.41) is 0. The fourth-order valence-corrected chi connectivity index (χ4v) is 1.81. The van der Waals surface area contributed by atoms with Crippen LogP contribution in [0.5, 0.6) is 0 Å². The van der Waals surface area contributed by atoms with Crippen LogP contribution < -0.4 is 5.73 Å². The van der Waals surface area contributed by atoms with Gasteiger partial charge in [-0.25, -0.2) is 4.39 Å². The van der Waals surface area contributed by atoms with Crippen LogP contribution in [0, 0.1) is 11.7 Å². The van der Waals surface area contributed by atoms with Crippen molar-refractivity contribution in [2.45, 2.75) is 31.7 Å². The summed E-state index contributed by atoms with van der Waals surface area (Å²) in [6.45, 7) is 0. The van der Waals surface area contributed by atoms with Crippen LogP contribution in [0.15, 0.2) is 24.3 Å². The summed E-state index contributed by atoms with van der Waals surface area (Å²) >= 11 is 0. The lowest BCUT2D eigenvalue weighted by Crippen LogP contribution is -2.23. The summed E-state index contributed by atoms with van der Waals surface area (Å²) in [5.41, 5.74) is 6.70. The van der Waals surface area contributed by atoms with E-state index in [9.17, 15) is 4.39 Å². The second kappa shape index (κ2) is 4.09. The molecule has 2 rings (SSSR count). The summed E-state index contributed by atoms with van der Waals surface area (Å²) in [6.07, 6.45) is 4.34. The lowest BCUT2D eigenvalue weighted by molar-refractivity contribution is 0.542. The van der Waals surface area contributed by atoms with Crippen LogP contribution in [-0.4, -0.2) is 6.04 Å². The van der Waals surface area contributed by atoms with Crippen molar-refractivity contribution in [1.29, 1.82) is 0 Å². The highest BCUT2D eigenvalue weighted by Crippen LogP contribution is 2.33. The molecule has 1 aromatic rings. The average Bonchev–Trinajstić information content (AvgIpc) is 2.93. The zero-order valence-electron chi connectivity index (χ0n) is 8.25. The molecule has 0 heterocycles. The van der Waals surface area contributed by atoms with E-state index in [4.69, 9.17) is 5.73 Å². The van der Waals surface area contributed by atoms with Gasteiger partial charge in [0.15, 0.2) is 0 Å². The van der Waals surface area contributed by atoms with Gasteiger partial charge in [-0.3, -0.25) is 0 Å². The molecule has 2 N–H and O–H groups in total. The second-order valence-corrected chi connectivity index (χ2v) is 4.23. The van der Waals surface area contributed by atoms with E-state index in [-0.39, 0.29) is 11.9 Å². The highest BCUT2D eigenvalue weighted by atomic mass is 19.1. The molecule has 1 aliphatic carbocycles. The fraction of sp³-hybridized carbons (Fsp3) is 0.500. The topological polar surface area (TPSA) is 26.0 Å². The first-order valence-electron chi connectivity index (χ1n) is 5.24. The molecule has 76 valence electrons. The third kappa shape index (κ3) is 2.55. The first kappa shape index (κ1) is 9.66. The number of rotatable bonds is 4. The second-order valence-electron chi connectivity index (χ2n) is 4.23. The van der Waals surface area contributed by atoms with Crippen molar-refractivity contribution < 1.29 is 4.39 Å². The Morgan fingerprint density at radius 2 is 2.07 bits per heavy atom. The third-order valence-corrected chi connectivity index (χ3v) is 2.77. The maximum Gasteiger partial charge on any atom is 0.126 e. The molecule has 1 unspecified atom stereocenters. The molecule has 2 heteroatoms. The number of halogens is 1. The predicted octanol–water partition coefficient (Wildman–Crippen LogP) is 2.50. The number of benzene rings is 1. The van der Waals surface area contributed by atoms with Crippen LogP contribution >= 0.6 is 0 Å². The van der Waals surface area contributed by atoms with Crippen molar-refractivity contribution in [1.82, 2.24) is 0 Å². The van der Waals surface area contributed by atoms with Crippen LogP contribution in [0.1, 0.15) is 24.8 Å². The normalized spacial score (nSPS) is 18.1. The van der Waals surface area contributed by atoms with Gasteiger partial charge in [0.1, 0.15) is 5.82 Å². The number of nitrogens with two attached hydrogens (primary N) is 1. The maximum absolute atomic E-state index is 13.2. The van der Waals surface area contributed by atoms with Crippen LogP contribution in [0.2, 0.25) is 0 Å². The van der Waals surface area contributed by atoms with Crippen molar-refractivity contribution in [3.05, 3.63) is 35.6 Å². The Morgan fingerprint density at radius 3 is 2.71 bits per heavy atom. The molecule has 1 nitrogen and oxygen atoms in total. The summed E-state index contributed by atoms with van der Waals surface area (Å²) in [7, 11) is 0. The Labute approximate surface area is 84.1 Å². The molecule has 0 bridgehead atoms. The van der Waals surface area contributed by atoms with Gasteiger partial charge >= 0.3 is 0 Å². The number of hydrogen-bond donors (Lipinski definition) is 1. The van der Waals surface area contributed by atoms with Crippen molar-refractivity contribution in [3.8, 4) is 0 Å². The number of hydrogen-bond acceptors (Lipinski definition) is 1. The molecule has 1 aliphatic rings. The van der Waals surface area contributed by atoms with E-state index in [1.165, 1.54) is 18.9 Å². The van der Waals surface area contributed by atoms with E-state index in [0.29, 0.717) is 6.42 Å². The largest absolute Gasteiger partial charge is 0.327 e. The highest BCUT2D eigenvalue weighted by Gasteiger charge is 2.24. The Hall–Kier alpha value is -0.890. The summed E-state index contributed by atoms with van der Waals surface area (Å²) in [5.74, 6) is 0.690. The van der Waals surface area contributed by atoms with Gasteiger partial charge in [-0.15, -0.1) is 0 Å². The third-order valence-electron chi connectivity index (χ3n) is 2.77. The Balaban J connectivity index is 1.91. The molecule has 0 spiro atoms. The first-order chi connectivity index (χ1) is 6.75. The van der Waals surface area contributed by atoms with Gasteiger partial charge in [0.2, 0.25) is 0 Å². The molecule has 0 aromatic heterocycles. The van der Waals surface area contributed by atoms with E-state index in [1.54, 1.807) is 6.07 Å². The zero-order chi connectivity index (χ0) is 9.97. The van der Waals surface area contributed by atoms with E-state index in [0.717, 1.165) is 17.9 Å². The first-order valence-corrected chi connectivity index (χ1v) is 5.24. The molecule has 0 radical (unpaired) electrons. The van der Waals surface area contributed by atoms with Crippen LogP contribution in [0.4, 0.5) is 4.39 Å². The van der Waals surface area contributed by atoms with E-state index < -0.39 is 0 Å². The van der Waals surface area contributed by atoms with E-state index in [1.807, 2.05) is 12.1 Å². The molecule has 0 aliphatic heterocycles. The van der Waals surface area contributed by atoms with Crippen molar-refractivity contribution >= 4 is 0 Å². The van der Waals surface area contributed by atoms with Gasteiger partial charge < -0.3 is 5.73 Å². The quantitative estimate of drug-likeness (QED) is 0.781. The van der Waals surface area contributed by atoms with E-state index >= 15 is 0 Å². The minimum absolute atomic E-state index is 0.124. The molecular formula is C12H16FN.